The first-order chi connectivity index (χ1) is 18.9. The van der Waals surface area contributed by atoms with Gasteiger partial charge in [-0.15, -0.1) is 0 Å². The first-order valence-corrected chi connectivity index (χ1v) is 14.9. The van der Waals surface area contributed by atoms with Gasteiger partial charge in [-0.1, -0.05) is 6.07 Å². The molecule has 1 aliphatic carbocycles. The van der Waals surface area contributed by atoms with Crippen LogP contribution in [0.2, 0.25) is 0 Å². The van der Waals surface area contributed by atoms with E-state index in [0.29, 0.717) is 18.9 Å². The Morgan fingerprint density at radius 1 is 1.10 bits per heavy atom. The van der Waals surface area contributed by atoms with Crippen molar-refractivity contribution in [3.8, 4) is 0 Å². The molecule has 4 heterocycles. The molecule has 3 aromatic heterocycles. The summed E-state index contributed by atoms with van der Waals surface area (Å²) in [5.41, 5.74) is 3.39. The number of benzene rings is 1. The van der Waals surface area contributed by atoms with Crippen LogP contribution in [0.25, 0.3) is 5.65 Å². The summed E-state index contributed by atoms with van der Waals surface area (Å²) in [6.07, 6.45) is 6.48. The van der Waals surface area contributed by atoms with Crippen molar-refractivity contribution in [2.45, 2.75) is 49.0 Å². The van der Waals surface area contributed by atoms with Crippen molar-refractivity contribution < 1.29 is 13.5 Å². The second-order valence-electron chi connectivity index (χ2n) is 10.3. The van der Waals surface area contributed by atoms with Gasteiger partial charge in [0, 0.05) is 62.2 Å². The number of anilines is 3. The van der Waals surface area contributed by atoms with E-state index >= 15 is 0 Å². The molecule has 1 atom stereocenters. The van der Waals surface area contributed by atoms with E-state index in [1.807, 2.05) is 34.8 Å². The molecule has 1 saturated carbocycles. The average Bonchev–Trinajstić information content (AvgIpc) is 3.53. The molecule has 1 saturated heterocycles. The second kappa shape index (κ2) is 10.6. The lowest BCUT2D eigenvalue weighted by molar-refractivity contribution is 0.266. The Morgan fingerprint density at radius 3 is 2.64 bits per heavy atom. The third kappa shape index (κ3) is 5.34. The summed E-state index contributed by atoms with van der Waals surface area (Å²) in [5.74, 6) is 2.03. The molecule has 4 aromatic rings. The molecule has 2 N–H and O–H groups in total. The van der Waals surface area contributed by atoms with Gasteiger partial charge in [0.15, 0.2) is 5.65 Å². The molecular weight excluding hydrogens is 514 g/mol. The number of aliphatic hydroxyl groups is 1. The largest absolute Gasteiger partial charge is 0.394 e. The zero-order valence-electron chi connectivity index (χ0n) is 21.9. The number of rotatable bonds is 10. The number of hydrogen-bond donors (Lipinski definition) is 2. The summed E-state index contributed by atoms with van der Waals surface area (Å²) < 4.78 is 29.5. The number of nitrogens with one attached hydrogen (secondary N) is 1. The molecule has 2 fully saturated rings. The van der Waals surface area contributed by atoms with Gasteiger partial charge in [0.1, 0.15) is 11.6 Å². The zero-order chi connectivity index (χ0) is 27.0. The molecule has 0 bridgehead atoms. The zero-order valence-corrected chi connectivity index (χ0v) is 22.8. The Hall–Kier alpha value is -3.54. The fraction of sp³-hybridized carbons (Fsp3) is 0.393. The van der Waals surface area contributed by atoms with Crippen LogP contribution in [-0.2, 0) is 16.4 Å². The van der Waals surface area contributed by atoms with E-state index in [9.17, 15) is 13.5 Å². The van der Waals surface area contributed by atoms with Gasteiger partial charge in [-0.05, 0) is 62.1 Å². The lowest BCUT2D eigenvalue weighted by Crippen LogP contribution is -2.32. The molecular formula is C28H33N7O3S. The quantitative estimate of drug-likeness (QED) is 0.310. The molecule has 2 aliphatic rings. The van der Waals surface area contributed by atoms with Crippen LogP contribution < -0.4 is 10.2 Å². The molecule has 0 unspecified atom stereocenters. The van der Waals surface area contributed by atoms with E-state index in [-0.39, 0.29) is 17.5 Å². The van der Waals surface area contributed by atoms with Crippen LogP contribution in [-0.4, -0.2) is 70.2 Å². The predicted octanol–water partition coefficient (Wildman–Crippen LogP) is 3.57. The van der Waals surface area contributed by atoms with Crippen molar-refractivity contribution in [1.29, 1.82) is 0 Å². The van der Waals surface area contributed by atoms with Crippen LogP contribution in [0.1, 0.15) is 43.0 Å². The average molecular weight is 548 g/mol. The van der Waals surface area contributed by atoms with Crippen molar-refractivity contribution in [1.82, 2.24) is 23.9 Å². The molecule has 0 radical (unpaired) electrons. The number of nitrogens with zero attached hydrogens (tertiary/aromatic N) is 6. The molecule has 0 spiro atoms. The van der Waals surface area contributed by atoms with Crippen molar-refractivity contribution >= 4 is 33.0 Å². The van der Waals surface area contributed by atoms with Gasteiger partial charge in [-0.2, -0.15) is 9.61 Å². The van der Waals surface area contributed by atoms with Crippen molar-refractivity contribution in [3.63, 3.8) is 0 Å². The Kier molecular flexibility index (Phi) is 6.96. The fourth-order valence-electron chi connectivity index (χ4n) is 5.10. The third-order valence-electron chi connectivity index (χ3n) is 7.55. The Bertz CT molecular complexity index is 1550. The van der Waals surface area contributed by atoms with Crippen molar-refractivity contribution in [2.24, 2.45) is 0 Å². The summed E-state index contributed by atoms with van der Waals surface area (Å²) in [4.78, 5) is 11.5. The van der Waals surface area contributed by atoms with Crippen LogP contribution in [0.5, 0.6) is 0 Å². The Balaban J connectivity index is 1.24. The van der Waals surface area contributed by atoms with Crippen LogP contribution >= 0.6 is 0 Å². The van der Waals surface area contributed by atoms with E-state index in [2.05, 4.69) is 15.2 Å². The highest BCUT2D eigenvalue weighted by Crippen LogP contribution is 2.40. The van der Waals surface area contributed by atoms with Gasteiger partial charge in [0.25, 0.3) is 0 Å². The van der Waals surface area contributed by atoms with Gasteiger partial charge < -0.3 is 15.3 Å². The Morgan fingerprint density at radius 2 is 1.92 bits per heavy atom. The van der Waals surface area contributed by atoms with E-state index in [0.717, 1.165) is 66.6 Å². The van der Waals surface area contributed by atoms with Gasteiger partial charge in [0.2, 0.25) is 10.0 Å². The number of pyridine rings is 1. The highest BCUT2D eigenvalue weighted by atomic mass is 32.2. The molecule has 1 aromatic carbocycles. The summed E-state index contributed by atoms with van der Waals surface area (Å²) in [7, 11) is -2.05. The van der Waals surface area contributed by atoms with Crippen molar-refractivity contribution in [2.75, 3.05) is 37.0 Å². The molecule has 10 nitrogen and oxygen atoms in total. The van der Waals surface area contributed by atoms with E-state index < -0.39 is 10.0 Å². The highest BCUT2D eigenvalue weighted by Gasteiger charge is 2.29. The highest BCUT2D eigenvalue weighted by molar-refractivity contribution is 7.89. The standard InChI is InChI=1S/C28H33N7O3S/c1-33(16-13-21-5-2-3-14-29-21)39(37,38)24-11-9-22(10-12-24)30-28-18-26(34-15-4-6-23(34)19-36)31-27-17-25(20-7-8-20)32-35(27)28/h2-3,5,9-12,14,17-18,20,23,30,36H,4,6-8,13,15-16,19H2,1H3/t23-/m0/s1. The normalized spacial score (nSPS) is 17.8. The minimum absolute atomic E-state index is 0.0535. The monoisotopic (exact) mass is 547 g/mol. The van der Waals surface area contributed by atoms with Gasteiger partial charge in [-0.3, -0.25) is 4.98 Å². The van der Waals surface area contributed by atoms with E-state index in [1.54, 1.807) is 37.5 Å². The van der Waals surface area contributed by atoms with Crippen LogP contribution in [0, 0.1) is 0 Å². The molecule has 1 aliphatic heterocycles. The summed E-state index contributed by atoms with van der Waals surface area (Å²) in [6, 6.07) is 16.5. The van der Waals surface area contributed by atoms with Crippen molar-refractivity contribution in [3.05, 3.63) is 72.2 Å². The maximum Gasteiger partial charge on any atom is 0.242 e. The second-order valence-corrected chi connectivity index (χ2v) is 12.4. The minimum atomic E-state index is -3.64. The first kappa shape index (κ1) is 25.7. The maximum absolute atomic E-state index is 13.2. The third-order valence-corrected chi connectivity index (χ3v) is 9.43. The topological polar surface area (TPSA) is 116 Å². The molecule has 39 heavy (non-hydrogen) atoms. The summed E-state index contributed by atoms with van der Waals surface area (Å²) in [6.45, 7) is 1.28. The smallest absolute Gasteiger partial charge is 0.242 e. The molecule has 0 amide bonds. The summed E-state index contributed by atoms with van der Waals surface area (Å²) >= 11 is 0. The van der Waals surface area contributed by atoms with Crippen LogP contribution in [0.4, 0.5) is 17.3 Å². The number of aromatic nitrogens is 4. The maximum atomic E-state index is 13.2. The summed E-state index contributed by atoms with van der Waals surface area (Å²) in [5, 5.41) is 18.1. The number of hydrogen-bond acceptors (Lipinski definition) is 8. The van der Waals surface area contributed by atoms with E-state index in [4.69, 9.17) is 10.1 Å². The molecule has 6 rings (SSSR count). The molecule has 11 heteroatoms. The van der Waals surface area contributed by atoms with Gasteiger partial charge >= 0.3 is 0 Å². The predicted molar refractivity (Wildman–Crippen MR) is 150 cm³/mol. The first-order valence-electron chi connectivity index (χ1n) is 13.4. The minimum Gasteiger partial charge on any atom is -0.394 e. The molecule has 204 valence electrons. The van der Waals surface area contributed by atoms with Gasteiger partial charge in [-0.25, -0.2) is 17.7 Å². The Labute approximate surface area is 228 Å². The van der Waals surface area contributed by atoms with Crippen LogP contribution in [0.15, 0.2) is 65.7 Å². The van der Waals surface area contributed by atoms with Gasteiger partial charge in [0.05, 0.1) is 23.2 Å². The SMILES string of the molecule is CN(CCc1ccccn1)S(=O)(=O)c1ccc(Nc2cc(N3CCC[C@H]3CO)nc3cc(C4CC4)nn23)cc1. The van der Waals surface area contributed by atoms with E-state index in [1.165, 1.54) is 4.31 Å². The lowest BCUT2D eigenvalue weighted by atomic mass is 10.2. The number of sulfonamides is 1. The number of likely N-dealkylation sites (N-methyl/N-ethyl adjacent to an activating group) is 1. The lowest BCUT2D eigenvalue weighted by Gasteiger charge is -2.25. The number of fused-ring (bicyclic) bond motifs is 1. The fourth-order valence-corrected chi connectivity index (χ4v) is 6.27. The number of aliphatic hydroxyl groups excluding tert-OH is 1. The van der Waals surface area contributed by atoms with Crippen LogP contribution in [0.3, 0.4) is 0 Å².